The molecule has 4 heteroatoms. The van der Waals surface area contributed by atoms with Crippen molar-refractivity contribution >= 4 is 11.6 Å². The van der Waals surface area contributed by atoms with Gasteiger partial charge in [-0.15, -0.1) is 0 Å². The van der Waals surface area contributed by atoms with E-state index >= 15 is 0 Å². The molecule has 108 valence electrons. The predicted molar refractivity (Wildman–Crippen MR) is 82.8 cm³/mol. The van der Waals surface area contributed by atoms with Crippen molar-refractivity contribution in [3.63, 3.8) is 0 Å². The lowest BCUT2D eigenvalue weighted by molar-refractivity contribution is 0.269. The van der Waals surface area contributed by atoms with Crippen molar-refractivity contribution < 1.29 is 0 Å². The molecule has 0 aliphatic heterocycles. The molecule has 1 heterocycles. The van der Waals surface area contributed by atoms with Gasteiger partial charge >= 0.3 is 0 Å². The first kappa shape index (κ1) is 15.7. The van der Waals surface area contributed by atoms with Crippen molar-refractivity contribution in [2.45, 2.75) is 48.5 Å². The molecule has 1 aromatic heterocycles. The number of rotatable bonds is 6. The van der Waals surface area contributed by atoms with E-state index in [1.807, 2.05) is 6.92 Å². The Morgan fingerprint density at radius 2 is 1.58 bits per heavy atom. The Kier molecular flexibility index (Phi) is 5.15. The van der Waals surface area contributed by atoms with E-state index in [1.54, 1.807) is 0 Å². The van der Waals surface area contributed by atoms with Crippen LogP contribution in [0.4, 0.5) is 11.6 Å². The van der Waals surface area contributed by atoms with Crippen LogP contribution in [0.2, 0.25) is 0 Å². The fraction of sp³-hybridized carbons (Fsp3) is 0.733. The van der Waals surface area contributed by atoms with Crippen LogP contribution >= 0.6 is 0 Å². The molecule has 0 unspecified atom stereocenters. The molecule has 0 aromatic carbocycles. The molecule has 1 aromatic rings. The van der Waals surface area contributed by atoms with Crippen LogP contribution in [0.3, 0.4) is 0 Å². The lowest BCUT2D eigenvalue weighted by Gasteiger charge is -2.30. The van der Waals surface area contributed by atoms with Crippen molar-refractivity contribution in [2.24, 2.45) is 11.3 Å². The fourth-order valence-corrected chi connectivity index (χ4v) is 1.66. The summed E-state index contributed by atoms with van der Waals surface area (Å²) >= 11 is 0. The average Bonchev–Trinajstić information content (AvgIpc) is 2.31. The van der Waals surface area contributed by atoms with E-state index in [0.717, 1.165) is 36.1 Å². The Hall–Kier alpha value is -1.32. The summed E-state index contributed by atoms with van der Waals surface area (Å²) in [6.07, 6.45) is 0. The second-order valence-corrected chi connectivity index (χ2v) is 6.12. The number of anilines is 2. The summed E-state index contributed by atoms with van der Waals surface area (Å²) in [4.78, 5) is 8.96. The van der Waals surface area contributed by atoms with Gasteiger partial charge < -0.3 is 10.6 Å². The van der Waals surface area contributed by atoms with Crippen LogP contribution in [-0.2, 0) is 0 Å². The Balaban J connectivity index is 2.89. The van der Waals surface area contributed by atoms with E-state index in [9.17, 15) is 0 Å². The lowest BCUT2D eigenvalue weighted by Crippen LogP contribution is -2.29. The van der Waals surface area contributed by atoms with Gasteiger partial charge in [0, 0.05) is 18.7 Å². The van der Waals surface area contributed by atoms with Gasteiger partial charge in [0.1, 0.15) is 17.5 Å². The SMILES string of the molecule is CCNc1nc(C)nc(NCC(C)(C)C(C)C)c1C. The number of aryl methyl sites for hydroxylation is 1. The molecule has 0 aliphatic carbocycles. The summed E-state index contributed by atoms with van der Waals surface area (Å²) < 4.78 is 0. The van der Waals surface area contributed by atoms with Crippen molar-refractivity contribution in [3.8, 4) is 0 Å². The van der Waals surface area contributed by atoms with Gasteiger partial charge in [-0.25, -0.2) is 9.97 Å². The van der Waals surface area contributed by atoms with E-state index in [0.29, 0.717) is 5.92 Å². The molecular formula is C15H28N4. The fourth-order valence-electron chi connectivity index (χ4n) is 1.66. The number of nitrogens with zero attached hydrogens (tertiary/aromatic N) is 2. The van der Waals surface area contributed by atoms with Crippen LogP contribution in [0.15, 0.2) is 0 Å². The second-order valence-electron chi connectivity index (χ2n) is 6.12. The van der Waals surface area contributed by atoms with Gasteiger partial charge in [0.15, 0.2) is 0 Å². The van der Waals surface area contributed by atoms with Crippen LogP contribution < -0.4 is 10.6 Å². The summed E-state index contributed by atoms with van der Waals surface area (Å²) in [7, 11) is 0. The maximum atomic E-state index is 4.52. The monoisotopic (exact) mass is 264 g/mol. The quantitative estimate of drug-likeness (QED) is 0.824. The first-order chi connectivity index (χ1) is 8.77. The molecule has 0 saturated heterocycles. The molecule has 0 spiro atoms. The highest BCUT2D eigenvalue weighted by molar-refractivity contribution is 5.57. The van der Waals surface area contributed by atoms with Crippen LogP contribution in [-0.4, -0.2) is 23.1 Å². The summed E-state index contributed by atoms with van der Waals surface area (Å²) in [5.74, 6) is 3.29. The van der Waals surface area contributed by atoms with E-state index in [1.165, 1.54) is 0 Å². The van der Waals surface area contributed by atoms with E-state index in [4.69, 9.17) is 0 Å². The van der Waals surface area contributed by atoms with Gasteiger partial charge in [0.25, 0.3) is 0 Å². The minimum atomic E-state index is 0.240. The molecular weight excluding hydrogens is 236 g/mol. The normalized spacial score (nSPS) is 11.8. The molecule has 2 N–H and O–H groups in total. The molecule has 0 fully saturated rings. The first-order valence-electron chi connectivity index (χ1n) is 7.11. The Labute approximate surface area is 117 Å². The molecule has 4 nitrogen and oxygen atoms in total. The van der Waals surface area contributed by atoms with Gasteiger partial charge in [-0.3, -0.25) is 0 Å². The first-order valence-corrected chi connectivity index (χ1v) is 7.11. The van der Waals surface area contributed by atoms with Gasteiger partial charge in [-0.1, -0.05) is 27.7 Å². The number of aromatic nitrogens is 2. The molecule has 1 rings (SSSR count). The van der Waals surface area contributed by atoms with Crippen molar-refractivity contribution in [1.29, 1.82) is 0 Å². The van der Waals surface area contributed by atoms with Crippen molar-refractivity contribution in [1.82, 2.24) is 9.97 Å². The average molecular weight is 264 g/mol. The molecule has 0 radical (unpaired) electrons. The van der Waals surface area contributed by atoms with Gasteiger partial charge in [-0.05, 0) is 32.1 Å². The Morgan fingerprint density at radius 1 is 1.05 bits per heavy atom. The molecule has 0 bridgehead atoms. The highest BCUT2D eigenvalue weighted by Gasteiger charge is 2.22. The van der Waals surface area contributed by atoms with E-state index in [2.05, 4.69) is 62.1 Å². The number of nitrogens with one attached hydrogen (secondary N) is 2. The zero-order chi connectivity index (χ0) is 14.6. The Bertz CT molecular complexity index is 424. The Morgan fingerprint density at radius 3 is 2.05 bits per heavy atom. The summed E-state index contributed by atoms with van der Waals surface area (Å²) in [5.41, 5.74) is 1.33. The van der Waals surface area contributed by atoms with Crippen molar-refractivity contribution in [3.05, 3.63) is 11.4 Å². The number of hydrogen-bond donors (Lipinski definition) is 2. The standard InChI is InChI=1S/C15H28N4/c1-8-16-13-11(4)14(19-12(5)18-13)17-9-15(6,7)10(2)3/h10H,8-9H2,1-7H3,(H2,16,17,18,19). The zero-order valence-corrected chi connectivity index (χ0v) is 13.4. The maximum Gasteiger partial charge on any atom is 0.134 e. The van der Waals surface area contributed by atoms with Crippen LogP contribution in [0.25, 0.3) is 0 Å². The third-order valence-electron chi connectivity index (χ3n) is 3.88. The summed E-state index contributed by atoms with van der Waals surface area (Å²) in [5, 5.41) is 6.77. The summed E-state index contributed by atoms with van der Waals surface area (Å²) in [6.45, 7) is 16.9. The second kappa shape index (κ2) is 6.22. The van der Waals surface area contributed by atoms with Crippen LogP contribution in [0, 0.1) is 25.2 Å². The predicted octanol–water partition coefficient (Wildman–Crippen LogP) is 3.62. The van der Waals surface area contributed by atoms with Crippen LogP contribution in [0.1, 0.15) is 46.0 Å². The van der Waals surface area contributed by atoms with Gasteiger partial charge in [0.2, 0.25) is 0 Å². The molecule has 0 amide bonds. The molecule has 0 aliphatic rings. The maximum absolute atomic E-state index is 4.52. The topological polar surface area (TPSA) is 49.8 Å². The molecule has 0 atom stereocenters. The van der Waals surface area contributed by atoms with Crippen LogP contribution in [0.5, 0.6) is 0 Å². The third-order valence-corrected chi connectivity index (χ3v) is 3.88. The smallest absolute Gasteiger partial charge is 0.134 e. The highest BCUT2D eigenvalue weighted by atomic mass is 15.1. The third kappa shape index (κ3) is 4.08. The number of hydrogen-bond acceptors (Lipinski definition) is 4. The molecule has 19 heavy (non-hydrogen) atoms. The zero-order valence-electron chi connectivity index (χ0n) is 13.4. The lowest BCUT2D eigenvalue weighted by atomic mass is 9.81. The minimum Gasteiger partial charge on any atom is -0.370 e. The molecule has 0 saturated carbocycles. The largest absolute Gasteiger partial charge is 0.370 e. The van der Waals surface area contributed by atoms with Gasteiger partial charge in [0.05, 0.1) is 0 Å². The van der Waals surface area contributed by atoms with Crippen molar-refractivity contribution in [2.75, 3.05) is 23.7 Å². The summed E-state index contributed by atoms with van der Waals surface area (Å²) in [6, 6.07) is 0. The van der Waals surface area contributed by atoms with Gasteiger partial charge in [-0.2, -0.15) is 0 Å². The van der Waals surface area contributed by atoms with E-state index < -0.39 is 0 Å². The minimum absolute atomic E-state index is 0.240. The van der Waals surface area contributed by atoms with E-state index in [-0.39, 0.29) is 5.41 Å². The highest BCUT2D eigenvalue weighted by Crippen LogP contribution is 2.27.